The molecule has 0 bridgehead atoms. The van der Waals surface area contributed by atoms with Gasteiger partial charge >= 0.3 is 0 Å². The Labute approximate surface area is 110 Å². The van der Waals surface area contributed by atoms with Crippen LogP contribution in [0.2, 0.25) is 0 Å². The Morgan fingerprint density at radius 1 is 1.22 bits per heavy atom. The van der Waals surface area contributed by atoms with Gasteiger partial charge in [0.2, 0.25) is 0 Å². The zero-order valence-corrected chi connectivity index (χ0v) is 11.4. The molecular formula is C16H22O2. The Morgan fingerprint density at radius 2 is 1.89 bits per heavy atom. The number of aliphatic hydroxyl groups is 1. The first-order valence-electron chi connectivity index (χ1n) is 6.47. The summed E-state index contributed by atoms with van der Waals surface area (Å²) < 4.78 is 5.67. The van der Waals surface area contributed by atoms with Crippen LogP contribution in [-0.2, 0) is 11.3 Å². The molecule has 18 heavy (non-hydrogen) atoms. The van der Waals surface area contributed by atoms with E-state index < -0.39 is 6.10 Å². The van der Waals surface area contributed by atoms with Crippen molar-refractivity contribution < 1.29 is 9.84 Å². The van der Waals surface area contributed by atoms with Crippen molar-refractivity contribution in [3.05, 3.63) is 35.9 Å². The molecule has 0 spiro atoms. The summed E-state index contributed by atoms with van der Waals surface area (Å²) in [5, 5.41) is 10.1. The Bertz CT molecular complexity index is 389. The Kier molecular flexibility index (Phi) is 6.49. The van der Waals surface area contributed by atoms with E-state index in [-0.39, 0.29) is 12.0 Å². The van der Waals surface area contributed by atoms with Crippen molar-refractivity contribution in [3.63, 3.8) is 0 Å². The number of rotatable bonds is 5. The molecule has 1 N–H and O–H groups in total. The first kappa shape index (κ1) is 14.8. The van der Waals surface area contributed by atoms with E-state index in [1.807, 2.05) is 51.1 Å². The van der Waals surface area contributed by atoms with Gasteiger partial charge in [-0.2, -0.15) is 0 Å². The predicted molar refractivity (Wildman–Crippen MR) is 73.9 cm³/mol. The number of hydrogen-bond acceptors (Lipinski definition) is 2. The van der Waals surface area contributed by atoms with Gasteiger partial charge in [0.05, 0.1) is 18.8 Å². The Hall–Kier alpha value is -1.30. The van der Waals surface area contributed by atoms with E-state index >= 15 is 0 Å². The van der Waals surface area contributed by atoms with Crippen molar-refractivity contribution in [2.24, 2.45) is 5.92 Å². The third-order valence-electron chi connectivity index (χ3n) is 2.86. The van der Waals surface area contributed by atoms with E-state index in [1.165, 1.54) is 0 Å². The fourth-order valence-electron chi connectivity index (χ4n) is 1.66. The van der Waals surface area contributed by atoms with Gasteiger partial charge in [0, 0.05) is 12.3 Å². The van der Waals surface area contributed by atoms with Gasteiger partial charge in [-0.3, -0.25) is 0 Å². The molecule has 1 aromatic carbocycles. The molecule has 0 aromatic heterocycles. The zero-order valence-electron chi connectivity index (χ0n) is 11.4. The van der Waals surface area contributed by atoms with E-state index in [0.717, 1.165) is 12.0 Å². The largest absolute Gasteiger partial charge is 0.389 e. The van der Waals surface area contributed by atoms with Crippen molar-refractivity contribution in [1.29, 1.82) is 0 Å². The molecule has 1 rings (SSSR count). The molecule has 0 saturated carbocycles. The normalized spacial score (nSPS) is 15.3. The van der Waals surface area contributed by atoms with Crippen molar-refractivity contribution in [2.75, 3.05) is 0 Å². The fourth-order valence-corrected chi connectivity index (χ4v) is 1.66. The molecule has 0 aliphatic heterocycles. The number of ether oxygens (including phenoxy) is 1. The van der Waals surface area contributed by atoms with Gasteiger partial charge < -0.3 is 9.84 Å². The lowest BCUT2D eigenvalue weighted by molar-refractivity contribution is -0.0473. The molecular weight excluding hydrogens is 224 g/mol. The number of hydrogen-bond donors (Lipinski definition) is 1. The average Bonchev–Trinajstić information content (AvgIpc) is 2.42. The molecule has 1 aromatic rings. The van der Waals surface area contributed by atoms with E-state index in [4.69, 9.17) is 4.74 Å². The lowest BCUT2D eigenvalue weighted by atomic mass is 10.0. The summed E-state index contributed by atoms with van der Waals surface area (Å²) in [6.07, 6.45) is 0.0511. The monoisotopic (exact) mass is 246 g/mol. The van der Waals surface area contributed by atoms with Gasteiger partial charge in [-0.05, 0) is 19.4 Å². The van der Waals surface area contributed by atoms with Gasteiger partial charge in [-0.25, -0.2) is 0 Å². The summed E-state index contributed by atoms with van der Waals surface area (Å²) in [5.41, 5.74) is 1.11. The second-order valence-corrected chi connectivity index (χ2v) is 4.46. The van der Waals surface area contributed by atoms with Crippen LogP contribution in [0.15, 0.2) is 30.3 Å². The average molecular weight is 246 g/mol. The van der Waals surface area contributed by atoms with Crippen LogP contribution in [0, 0.1) is 17.8 Å². The molecule has 2 nitrogen and oxygen atoms in total. The van der Waals surface area contributed by atoms with Crippen LogP contribution in [0.3, 0.4) is 0 Å². The van der Waals surface area contributed by atoms with Gasteiger partial charge in [-0.1, -0.05) is 43.2 Å². The first-order valence-corrected chi connectivity index (χ1v) is 6.47. The highest BCUT2D eigenvalue weighted by Gasteiger charge is 2.20. The van der Waals surface area contributed by atoms with Gasteiger partial charge in [0.15, 0.2) is 0 Å². The summed E-state index contributed by atoms with van der Waals surface area (Å²) in [7, 11) is 0. The molecule has 0 aliphatic rings. The van der Waals surface area contributed by atoms with E-state index in [0.29, 0.717) is 6.61 Å². The Balaban J connectivity index is 2.42. The van der Waals surface area contributed by atoms with Crippen LogP contribution < -0.4 is 0 Å². The maximum absolute atomic E-state index is 10.1. The number of aliphatic hydroxyl groups excluding tert-OH is 1. The van der Waals surface area contributed by atoms with Gasteiger partial charge in [-0.15, -0.1) is 5.92 Å². The Morgan fingerprint density at radius 3 is 2.50 bits per heavy atom. The molecule has 3 atom stereocenters. The highest BCUT2D eigenvalue weighted by Crippen LogP contribution is 2.12. The first-order chi connectivity index (χ1) is 8.65. The highest BCUT2D eigenvalue weighted by atomic mass is 16.5. The third kappa shape index (κ3) is 4.91. The molecule has 0 radical (unpaired) electrons. The highest BCUT2D eigenvalue weighted by molar-refractivity contribution is 5.13. The molecule has 0 amide bonds. The molecule has 0 heterocycles. The summed E-state index contributed by atoms with van der Waals surface area (Å²) in [4.78, 5) is 0. The minimum absolute atomic E-state index is 0.0595. The lowest BCUT2D eigenvalue weighted by Gasteiger charge is -2.22. The summed E-state index contributed by atoms with van der Waals surface area (Å²) in [6.45, 7) is 6.34. The van der Waals surface area contributed by atoms with Gasteiger partial charge in [0.1, 0.15) is 0 Å². The topological polar surface area (TPSA) is 29.5 Å². The smallest absolute Gasteiger partial charge is 0.0933 e. The number of benzene rings is 1. The van der Waals surface area contributed by atoms with E-state index in [2.05, 4.69) is 11.8 Å². The van der Waals surface area contributed by atoms with Crippen molar-refractivity contribution in [2.45, 2.75) is 46.0 Å². The predicted octanol–water partition coefficient (Wildman–Crippen LogP) is 3.00. The quantitative estimate of drug-likeness (QED) is 0.809. The van der Waals surface area contributed by atoms with Crippen molar-refractivity contribution >= 4 is 0 Å². The maximum atomic E-state index is 10.1. The zero-order chi connectivity index (χ0) is 13.4. The molecule has 0 aliphatic carbocycles. The third-order valence-corrected chi connectivity index (χ3v) is 2.86. The molecule has 98 valence electrons. The van der Waals surface area contributed by atoms with Crippen LogP contribution >= 0.6 is 0 Å². The molecule has 0 saturated heterocycles. The van der Waals surface area contributed by atoms with Crippen LogP contribution in [-0.4, -0.2) is 17.3 Å². The molecule has 0 unspecified atom stereocenters. The van der Waals surface area contributed by atoms with E-state index in [9.17, 15) is 5.11 Å². The minimum atomic E-state index is -0.548. The van der Waals surface area contributed by atoms with Crippen molar-refractivity contribution in [3.8, 4) is 11.8 Å². The fraction of sp³-hybridized carbons (Fsp3) is 0.500. The maximum Gasteiger partial charge on any atom is 0.0933 e. The van der Waals surface area contributed by atoms with Crippen LogP contribution in [0.1, 0.15) is 32.8 Å². The van der Waals surface area contributed by atoms with Crippen LogP contribution in [0.5, 0.6) is 0 Å². The van der Waals surface area contributed by atoms with Crippen molar-refractivity contribution in [1.82, 2.24) is 0 Å². The van der Waals surface area contributed by atoms with Crippen LogP contribution in [0.4, 0.5) is 0 Å². The lowest BCUT2D eigenvalue weighted by Crippen LogP contribution is -2.31. The standard InChI is InChI=1S/C16H22O2/c1-4-5-9-13(2)16(17)14(3)18-12-15-10-7-6-8-11-15/h6-8,10-11,13-14,16-17H,4,12H2,1-3H3/t13-,14-,16-/m0/s1. The second kappa shape index (κ2) is 7.92. The second-order valence-electron chi connectivity index (χ2n) is 4.46. The van der Waals surface area contributed by atoms with E-state index in [1.54, 1.807) is 0 Å². The SMILES string of the molecule is CCC#C[C@H](C)[C@H](O)[C@H](C)OCc1ccccc1. The minimum Gasteiger partial charge on any atom is -0.389 e. The summed E-state index contributed by atoms with van der Waals surface area (Å²) in [5.74, 6) is 5.96. The summed E-state index contributed by atoms with van der Waals surface area (Å²) >= 11 is 0. The summed E-state index contributed by atoms with van der Waals surface area (Å²) in [6, 6.07) is 9.97. The van der Waals surface area contributed by atoms with Crippen LogP contribution in [0.25, 0.3) is 0 Å². The van der Waals surface area contributed by atoms with Gasteiger partial charge in [0.25, 0.3) is 0 Å². The molecule has 2 heteroatoms. The molecule has 0 fully saturated rings.